The molecular weight excluding hydrogens is 480 g/mol. The van der Waals surface area contributed by atoms with Gasteiger partial charge in [0.25, 0.3) is 0 Å². The van der Waals surface area contributed by atoms with Crippen molar-refractivity contribution in [3.05, 3.63) is 12.2 Å². The second kappa shape index (κ2) is 31.4. The van der Waals surface area contributed by atoms with Crippen LogP contribution >= 0.6 is 0 Å². The number of aldehydes is 1. The van der Waals surface area contributed by atoms with Crippen LogP contribution in [-0.2, 0) is 9.59 Å². The number of allylic oxidation sites excluding steroid dienone is 2. The summed E-state index contributed by atoms with van der Waals surface area (Å²) in [7, 11) is 0. The standard InChI is InChI=1S/C36H68O3/c1-3-5-7-9-10-17-20-23-27-31-34(30-26-8-6-4-2)35(36(38)39)32-28-24-21-18-15-13-11-12-14-16-19-22-25-29-33-37/h23,27,33-35H,3-22,24-26,28-32H2,1-2H3,(H,38,39)/b27-23-. The normalized spacial score (nSPS) is 13.2. The Morgan fingerprint density at radius 2 is 0.949 bits per heavy atom. The average Bonchev–Trinajstić information content (AvgIpc) is 2.93. The van der Waals surface area contributed by atoms with Gasteiger partial charge in [-0.1, -0.05) is 161 Å². The summed E-state index contributed by atoms with van der Waals surface area (Å²) in [6.07, 6.45) is 39.7. The minimum Gasteiger partial charge on any atom is -0.481 e. The molecule has 0 saturated carbocycles. The topological polar surface area (TPSA) is 54.4 Å². The van der Waals surface area contributed by atoms with Crippen LogP contribution in [-0.4, -0.2) is 17.4 Å². The van der Waals surface area contributed by atoms with Crippen LogP contribution in [0.25, 0.3) is 0 Å². The highest BCUT2D eigenvalue weighted by molar-refractivity contribution is 5.70. The lowest BCUT2D eigenvalue weighted by molar-refractivity contribution is -0.144. The monoisotopic (exact) mass is 549 g/mol. The molecule has 0 fully saturated rings. The van der Waals surface area contributed by atoms with Gasteiger partial charge in [0.05, 0.1) is 5.92 Å². The van der Waals surface area contributed by atoms with Crippen molar-refractivity contribution < 1.29 is 14.7 Å². The Kier molecular flexibility index (Phi) is 30.5. The van der Waals surface area contributed by atoms with Crippen molar-refractivity contribution in [2.45, 2.75) is 194 Å². The number of rotatable bonds is 32. The van der Waals surface area contributed by atoms with E-state index < -0.39 is 5.97 Å². The second-order valence-corrected chi connectivity index (χ2v) is 12.2. The smallest absolute Gasteiger partial charge is 0.306 e. The molecule has 1 N–H and O–H groups in total. The summed E-state index contributed by atoms with van der Waals surface area (Å²) in [5, 5.41) is 10.1. The number of carboxylic acids is 1. The lowest BCUT2D eigenvalue weighted by atomic mass is 9.81. The van der Waals surface area contributed by atoms with E-state index in [1.807, 2.05) is 0 Å². The van der Waals surface area contributed by atoms with Gasteiger partial charge in [0.1, 0.15) is 6.29 Å². The zero-order chi connectivity index (χ0) is 28.7. The summed E-state index contributed by atoms with van der Waals surface area (Å²) in [5.41, 5.74) is 0. The van der Waals surface area contributed by atoms with E-state index in [0.29, 0.717) is 5.92 Å². The molecule has 230 valence electrons. The predicted molar refractivity (Wildman–Crippen MR) is 170 cm³/mol. The maximum Gasteiger partial charge on any atom is 0.306 e. The highest BCUT2D eigenvalue weighted by Crippen LogP contribution is 2.29. The first kappa shape index (κ1) is 37.9. The van der Waals surface area contributed by atoms with Crippen LogP contribution in [0.2, 0.25) is 0 Å². The van der Waals surface area contributed by atoms with Crippen LogP contribution in [0, 0.1) is 11.8 Å². The van der Waals surface area contributed by atoms with E-state index in [1.165, 1.54) is 135 Å². The fourth-order valence-corrected chi connectivity index (χ4v) is 5.85. The van der Waals surface area contributed by atoms with Gasteiger partial charge < -0.3 is 9.90 Å². The Morgan fingerprint density at radius 3 is 1.44 bits per heavy atom. The summed E-state index contributed by atoms with van der Waals surface area (Å²) >= 11 is 0. The summed E-state index contributed by atoms with van der Waals surface area (Å²) in [4.78, 5) is 22.6. The Hall–Kier alpha value is -1.12. The quantitative estimate of drug-likeness (QED) is 0.0516. The third-order valence-electron chi connectivity index (χ3n) is 8.48. The molecule has 0 spiro atoms. The van der Waals surface area contributed by atoms with E-state index in [4.69, 9.17) is 0 Å². The van der Waals surface area contributed by atoms with Crippen molar-refractivity contribution in [2.75, 3.05) is 0 Å². The first-order chi connectivity index (χ1) is 19.2. The molecule has 2 unspecified atom stereocenters. The van der Waals surface area contributed by atoms with Gasteiger partial charge >= 0.3 is 5.97 Å². The van der Waals surface area contributed by atoms with Crippen LogP contribution < -0.4 is 0 Å². The number of carbonyl (C=O) groups is 2. The average molecular weight is 549 g/mol. The molecule has 39 heavy (non-hydrogen) atoms. The van der Waals surface area contributed by atoms with Gasteiger partial charge in [-0.3, -0.25) is 4.79 Å². The number of carboxylic acid groups (broad SMARTS) is 1. The van der Waals surface area contributed by atoms with E-state index in [0.717, 1.165) is 51.2 Å². The van der Waals surface area contributed by atoms with Crippen LogP contribution in [0.1, 0.15) is 194 Å². The van der Waals surface area contributed by atoms with E-state index in [-0.39, 0.29) is 5.92 Å². The highest BCUT2D eigenvalue weighted by Gasteiger charge is 2.26. The zero-order valence-electron chi connectivity index (χ0n) is 26.4. The van der Waals surface area contributed by atoms with E-state index >= 15 is 0 Å². The molecule has 0 aliphatic carbocycles. The molecule has 0 aliphatic rings. The molecule has 0 aromatic heterocycles. The lowest BCUT2D eigenvalue weighted by Crippen LogP contribution is -2.23. The Bertz CT molecular complexity index is 541. The van der Waals surface area contributed by atoms with Gasteiger partial charge in [-0.05, 0) is 44.4 Å². The molecule has 0 aliphatic heterocycles. The molecule has 0 amide bonds. The fraction of sp³-hybridized carbons (Fsp3) is 0.889. The van der Waals surface area contributed by atoms with Gasteiger partial charge in [0, 0.05) is 6.42 Å². The molecule has 0 aromatic rings. The molecule has 0 aromatic carbocycles. The van der Waals surface area contributed by atoms with Crippen LogP contribution in [0.5, 0.6) is 0 Å². The summed E-state index contributed by atoms with van der Waals surface area (Å²) in [6.45, 7) is 4.50. The Morgan fingerprint density at radius 1 is 0.538 bits per heavy atom. The Labute approximate surface area is 244 Å². The van der Waals surface area contributed by atoms with Crippen molar-refractivity contribution in [1.82, 2.24) is 0 Å². The highest BCUT2D eigenvalue weighted by atomic mass is 16.4. The Balaban J connectivity index is 4.14. The number of unbranched alkanes of at least 4 members (excludes halogenated alkanes) is 22. The largest absolute Gasteiger partial charge is 0.481 e. The molecule has 2 atom stereocenters. The fourth-order valence-electron chi connectivity index (χ4n) is 5.85. The zero-order valence-corrected chi connectivity index (χ0v) is 26.4. The van der Waals surface area contributed by atoms with Crippen molar-refractivity contribution in [1.29, 1.82) is 0 Å². The summed E-state index contributed by atoms with van der Waals surface area (Å²) in [6, 6.07) is 0. The van der Waals surface area contributed by atoms with Gasteiger partial charge in [0.2, 0.25) is 0 Å². The maximum absolute atomic E-state index is 12.2. The number of hydrogen-bond donors (Lipinski definition) is 1. The van der Waals surface area contributed by atoms with E-state index in [2.05, 4.69) is 26.0 Å². The summed E-state index contributed by atoms with van der Waals surface area (Å²) in [5.74, 6) is -0.447. The first-order valence-electron chi connectivity index (χ1n) is 17.5. The maximum atomic E-state index is 12.2. The SMILES string of the molecule is CCCCCCCC/C=C\CC(CCCCCC)C(CCCCCCCCCCCCCCCC=O)C(=O)O. The molecule has 0 heterocycles. The predicted octanol–water partition coefficient (Wildman–Crippen LogP) is 12.0. The third kappa shape index (κ3) is 26.8. The minimum atomic E-state index is -0.566. The van der Waals surface area contributed by atoms with Crippen molar-refractivity contribution in [2.24, 2.45) is 11.8 Å². The van der Waals surface area contributed by atoms with Crippen LogP contribution in [0.4, 0.5) is 0 Å². The molecule has 0 rings (SSSR count). The number of carbonyl (C=O) groups excluding carboxylic acids is 1. The van der Waals surface area contributed by atoms with E-state index in [9.17, 15) is 14.7 Å². The molecule has 0 bridgehead atoms. The van der Waals surface area contributed by atoms with E-state index in [1.54, 1.807) is 0 Å². The molecular formula is C36H68O3. The van der Waals surface area contributed by atoms with Gasteiger partial charge in [0.15, 0.2) is 0 Å². The van der Waals surface area contributed by atoms with Gasteiger partial charge in [-0.2, -0.15) is 0 Å². The first-order valence-corrected chi connectivity index (χ1v) is 17.5. The van der Waals surface area contributed by atoms with Crippen molar-refractivity contribution in [3.63, 3.8) is 0 Å². The second-order valence-electron chi connectivity index (χ2n) is 12.2. The van der Waals surface area contributed by atoms with Gasteiger partial charge in [-0.15, -0.1) is 0 Å². The minimum absolute atomic E-state index is 0.177. The van der Waals surface area contributed by atoms with Crippen molar-refractivity contribution >= 4 is 12.3 Å². The summed E-state index contributed by atoms with van der Waals surface area (Å²) < 4.78 is 0. The van der Waals surface area contributed by atoms with Crippen molar-refractivity contribution in [3.8, 4) is 0 Å². The number of aliphatic carboxylic acids is 1. The molecule has 0 radical (unpaired) electrons. The molecule has 3 nitrogen and oxygen atoms in total. The third-order valence-corrected chi connectivity index (χ3v) is 8.48. The molecule has 0 saturated heterocycles. The lowest BCUT2D eigenvalue weighted by Gasteiger charge is -2.23. The molecule has 3 heteroatoms. The number of hydrogen-bond acceptors (Lipinski definition) is 2. The van der Waals surface area contributed by atoms with Gasteiger partial charge in [-0.25, -0.2) is 0 Å². The van der Waals surface area contributed by atoms with Crippen LogP contribution in [0.15, 0.2) is 12.2 Å². The van der Waals surface area contributed by atoms with Crippen LogP contribution in [0.3, 0.4) is 0 Å².